The van der Waals surface area contributed by atoms with Gasteiger partial charge in [0, 0.05) is 17.4 Å². The average Bonchev–Trinajstić information content (AvgIpc) is 2.45. The molecule has 1 aliphatic rings. The van der Waals surface area contributed by atoms with Crippen molar-refractivity contribution in [2.75, 3.05) is 46.8 Å². The number of halogens is 1. The summed E-state index contributed by atoms with van der Waals surface area (Å²) in [5, 5.41) is 0. The van der Waals surface area contributed by atoms with Crippen LogP contribution in [0.4, 0.5) is 0 Å². The maximum Gasteiger partial charge on any atom is 0.0704 e. The normalized spacial score (nSPS) is 24.6. The fourth-order valence-corrected chi connectivity index (χ4v) is 4.08. The Morgan fingerprint density at radius 1 is 0.950 bits per heavy atom. The van der Waals surface area contributed by atoms with E-state index in [1.54, 1.807) is 7.11 Å². The van der Waals surface area contributed by atoms with Gasteiger partial charge in [0.15, 0.2) is 0 Å². The van der Waals surface area contributed by atoms with Gasteiger partial charge in [0.1, 0.15) is 0 Å². The largest absolute Gasteiger partial charge is 0.382 e. The molecule has 0 aliphatic heterocycles. The van der Waals surface area contributed by atoms with Gasteiger partial charge in [0.05, 0.1) is 45.7 Å². The van der Waals surface area contributed by atoms with E-state index < -0.39 is 0 Å². The molecule has 0 radical (unpaired) electrons. The van der Waals surface area contributed by atoms with Crippen LogP contribution in [0.2, 0.25) is 0 Å². The van der Waals surface area contributed by atoms with Gasteiger partial charge in [-0.2, -0.15) is 0 Å². The number of methoxy groups -OCH3 is 1. The Balaban J connectivity index is 1.99. The van der Waals surface area contributed by atoms with Crippen LogP contribution >= 0.6 is 15.9 Å². The molecule has 2 atom stereocenters. The van der Waals surface area contributed by atoms with Crippen molar-refractivity contribution in [3.05, 3.63) is 0 Å². The maximum absolute atomic E-state index is 5.98. The van der Waals surface area contributed by atoms with Crippen molar-refractivity contribution in [1.82, 2.24) is 0 Å². The van der Waals surface area contributed by atoms with Crippen LogP contribution in [-0.4, -0.2) is 57.7 Å². The van der Waals surface area contributed by atoms with Crippen molar-refractivity contribution in [2.45, 2.75) is 44.0 Å². The highest BCUT2D eigenvalue weighted by Gasteiger charge is 2.51. The van der Waals surface area contributed by atoms with E-state index in [0.29, 0.717) is 56.0 Å². The van der Waals surface area contributed by atoms with Crippen molar-refractivity contribution in [3.63, 3.8) is 0 Å². The van der Waals surface area contributed by atoms with E-state index in [1.807, 2.05) is 0 Å². The highest BCUT2D eigenvalue weighted by molar-refractivity contribution is 9.09. The second-order valence-electron chi connectivity index (χ2n) is 5.22. The molecule has 0 amide bonds. The van der Waals surface area contributed by atoms with Crippen LogP contribution in [0.3, 0.4) is 0 Å². The third kappa shape index (κ3) is 4.95. The molecule has 1 aliphatic carbocycles. The lowest BCUT2D eigenvalue weighted by Gasteiger charge is -2.53. The van der Waals surface area contributed by atoms with Gasteiger partial charge in [-0.1, -0.05) is 29.8 Å². The molecule has 20 heavy (non-hydrogen) atoms. The lowest BCUT2D eigenvalue weighted by molar-refractivity contribution is -0.120. The zero-order valence-corrected chi connectivity index (χ0v) is 14.6. The topological polar surface area (TPSA) is 36.9 Å². The first-order valence-corrected chi connectivity index (χ1v) is 8.53. The third-order valence-corrected chi connectivity index (χ3v) is 5.64. The Bertz CT molecular complexity index is 246. The predicted molar refractivity (Wildman–Crippen MR) is 83.6 cm³/mol. The van der Waals surface area contributed by atoms with Crippen LogP contribution in [0.25, 0.3) is 0 Å². The van der Waals surface area contributed by atoms with Crippen LogP contribution in [0.1, 0.15) is 33.1 Å². The molecule has 5 heteroatoms. The smallest absolute Gasteiger partial charge is 0.0704 e. The van der Waals surface area contributed by atoms with Crippen LogP contribution in [0, 0.1) is 5.41 Å². The van der Waals surface area contributed by atoms with Crippen molar-refractivity contribution in [1.29, 1.82) is 0 Å². The molecule has 1 saturated carbocycles. The summed E-state index contributed by atoms with van der Waals surface area (Å²) in [6.45, 7) is 8.30. The van der Waals surface area contributed by atoms with Crippen LogP contribution in [0.5, 0.6) is 0 Å². The Kier molecular flexibility index (Phi) is 9.29. The molecule has 0 aromatic carbocycles. The van der Waals surface area contributed by atoms with Gasteiger partial charge < -0.3 is 18.9 Å². The standard InChI is InChI=1S/C15H29BrO4/c1-4-15(5-2)13(16)12-14(15)20-11-10-19-9-8-18-7-6-17-3/h13-14H,4-12H2,1-3H3. The first-order valence-electron chi connectivity index (χ1n) is 7.61. The van der Waals surface area contributed by atoms with Gasteiger partial charge in [0.25, 0.3) is 0 Å². The lowest BCUT2D eigenvalue weighted by atomic mass is 9.62. The van der Waals surface area contributed by atoms with E-state index in [9.17, 15) is 0 Å². The van der Waals surface area contributed by atoms with E-state index in [2.05, 4.69) is 29.8 Å². The molecule has 1 fully saturated rings. The van der Waals surface area contributed by atoms with Gasteiger partial charge >= 0.3 is 0 Å². The summed E-state index contributed by atoms with van der Waals surface area (Å²) in [7, 11) is 1.67. The molecule has 0 aromatic heterocycles. The zero-order valence-electron chi connectivity index (χ0n) is 13.0. The quantitative estimate of drug-likeness (QED) is 0.399. The first-order chi connectivity index (χ1) is 9.71. The molecule has 0 saturated heterocycles. The van der Waals surface area contributed by atoms with Gasteiger partial charge in [-0.25, -0.2) is 0 Å². The minimum Gasteiger partial charge on any atom is -0.382 e. The number of rotatable bonds is 12. The Labute approximate surface area is 131 Å². The highest BCUT2D eigenvalue weighted by Crippen LogP contribution is 2.52. The molecular formula is C15H29BrO4. The van der Waals surface area contributed by atoms with Gasteiger partial charge in [-0.15, -0.1) is 0 Å². The van der Waals surface area contributed by atoms with E-state index >= 15 is 0 Å². The first kappa shape index (κ1) is 18.4. The Morgan fingerprint density at radius 3 is 2.00 bits per heavy atom. The van der Waals surface area contributed by atoms with Crippen molar-refractivity contribution >= 4 is 15.9 Å². The molecular weight excluding hydrogens is 324 g/mol. The summed E-state index contributed by atoms with van der Waals surface area (Å²) in [4.78, 5) is 0.602. The monoisotopic (exact) mass is 352 g/mol. The van der Waals surface area contributed by atoms with Gasteiger partial charge in [-0.3, -0.25) is 0 Å². The van der Waals surface area contributed by atoms with Crippen LogP contribution in [0.15, 0.2) is 0 Å². The van der Waals surface area contributed by atoms with Crippen molar-refractivity contribution < 1.29 is 18.9 Å². The number of ether oxygens (including phenoxy) is 4. The summed E-state index contributed by atoms with van der Waals surface area (Å²) in [6.07, 6.45) is 3.82. The molecule has 0 spiro atoms. The van der Waals surface area contributed by atoms with Crippen molar-refractivity contribution in [3.8, 4) is 0 Å². The van der Waals surface area contributed by atoms with E-state index in [-0.39, 0.29) is 0 Å². The average molecular weight is 353 g/mol. The van der Waals surface area contributed by atoms with Crippen LogP contribution in [-0.2, 0) is 18.9 Å². The maximum atomic E-state index is 5.98. The minimum atomic E-state index is 0.323. The molecule has 0 bridgehead atoms. The van der Waals surface area contributed by atoms with E-state index in [0.717, 1.165) is 19.3 Å². The Hall–Kier alpha value is 0.320. The fourth-order valence-electron chi connectivity index (χ4n) is 2.79. The molecule has 120 valence electrons. The molecule has 2 unspecified atom stereocenters. The van der Waals surface area contributed by atoms with Crippen LogP contribution < -0.4 is 0 Å². The van der Waals surface area contributed by atoms with E-state index in [4.69, 9.17) is 18.9 Å². The summed E-state index contributed by atoms with van der Waals surface area (Å²) in [6, 6.07) is 0. The summed E-state index contributed by atoms with van der Waals surface area (Å²) < 4.78 is 21.7. The SMILES string of the molecule is CCC1(CC)C(Br)CC1OCCOCCOCCOC. The summed E-state index contributed by atoms with van der Waals surface area (Å²) >= 11 is 3.77. The predicted octanol–water partition coefficient (Wildman–Crippen LogP) is 3.02. The number of alkyl halides is 1. The lowest BCUT2D eigenvalue weighted by Crippen LogP contribution is -2.55. The van der Waals surface area contributed by atoms with E-state index in [1.165, 1.54) is 0 Å². The summed E-state index contributed by atoms with van der Waals surface area (Å²) in [5.41, 5.74) is 0.323. The second-order valence-corrected chi connectivity index (χ2v) is 6.33. The summed E-state index contributed by atoms with van der Waals surface area (Å²) in [5.74, 6) is 0. The molecule has 0 N–H and O–H groups in total. The zero-order chi connectivity index (χ0) is 14.8. The van der Waals surface area contributed by atoms with Gasteiger partial charge in [0.2, 0.25) is 0 Å². The third-order valence-electron chi connectivity index (χ3n) is 4.35. The van der Waals surface area contributed by atoms with Crippen molar-refractivity contribution in [2.24, 2.45) is 5.41 Å². The van der Waals surface area contributed by atoms with Gasteiger partial charge in [-0.05, 0) is 19.3 Å². The number of hydrogen-bond acceptors (Lipinski definition) is 4. The minimum absolute atomic E-state index is 0.323. The highest BCUT2D eigenvalue weighted by atomic mass is 79.9. The number of hydrogen-bond donors (Lipinski definition) is 0. The fraction of sp³-hybridized carbons (Fsp3) is 1.00. The molecule has 1 rings (SSSR count). The Morgan fingerprint density at radius 2 is 1.50 bits per heavy atom. The molecule has 4 nitrogen and oxygen atoms in total. The second kappa shape index (κ2) is 10.1. The molecule has 0 aromatic rings. The molecule has 0 heterocycles.